The highest BCUT2D eigenvalue weighted by atomic mass is 32.1. The molecule has 0 radical (unpaired) electrons. The van der Waals surface area contributed by atoms with Crippen LogP contribution in [0.5, 0.6) is 5.88 Å². The zero-order valence-corrected chi connectivity index (χ0v) is 25.5. The molecule has 1 aliphatic heterocycles. The van der Waals surface area contributed by atoms with Crippen molar-refractivity contribution in [2.24, 2.45) is 11.3 Å². The molecule has 0 bridgehead atoms. The maximum Gasteiger partial charge on any atom is 0.223 e. The van der Waals surface area contributed by atoms with E-state index in [1.54, 1.807) is 6.20 Å². The number of fused-ring (bicyclic) bond motifs is 1. The summed E-state index contributed by atoms with van der Waals surface area (Å²) < 4.78 is 21.1. The lowest BCUT2D eigenvalue weighted by Crippen LogP contribution is -2.52. The van der Waals surface area contributed by atoms with Crippen LogP contribution in [0.1, 0.15) is 82.0 Å². The van der Waals surface area contributed by atoms with Gasteiger partial charge in [-0.2, -0.15) is 0 Å². The first kappa shape index (κ1) is 29.2. The van der Waals surface area contributed by atoms with Gasteiger partial charge in [-0.05, 0) is 85.8 Å². The summed E-state index contributed by atoms with van der Waals surface area (Å²) in [6.07, 6.45) is 9.64. The number of thiazole rings is 1. The highest BCUT2D eigenvalue weighted by Crippen LogP contribution is 2.48. The lowest BCUT2D eigenvalue weighted by Gasteiger charge is -2.47. The number of pyridine rings is 1. The highest BCUT2D eigenvalue weighted by molar-refractivity contribution is 7.13. The molecule has 1 spiro atoms. The molecular formula is C33H41FN4O3S. The van der Waals surface area contributed by atoms with E-state index >= 15 is 0 Å². The van der Waals surface area contributed by atoms with Gasteiger partial charge in [-0.15, -0.1) is 11.3 Å². The number of ether oxygens (including phenoxy) is 1. The van der Waals surface area contributed by atoms with Crippen LogP contribution in [-0.2, 0) is 17.6 Å². The molecule has 3 N–H and O–H groups in total. The van der Waals surface area contributed by atoms with Gasteiger partial charge in [-0.3, -0.25) is 4.79 Å². The van der Waals surface area contributed by atoms with Crippen LogP contribution in [0.2, 0.25) is 0 Å². The fourth-order valence-corrected chi connectivity index (χ4v) is 6.82. The van der Waals surface area contributed by atoms with E-state index in [2.05, 4.69) is 42.5 Å². The first-order valence-corrected chi connectivity index (χ1v) is 16.0. The number of halogens is 1. The summed E-state index contributed by atoms with van der Waals surface area (Å²) in [5, 5.41) is 20.8. The average Bonchev–Trinajstić information content (AvgIpc) is 3.62. The van der Waals surface area contributed by atoms with Crippen LogP contribution in [0.4, 0.5) is 4.39 Å². The molecule has 3 aliphatic rings. The van der Waals surface area contributed by atoms with Crippen molar-refractivity contribution in [3.05, 3.63) is 64.5 Å². The third kappa shape index (κ3) is 6.84. The van der Waals surface area contributed by atoms with Gasteiger partial charge in [0, 0.05) is 53.8 Å². The maximum atomic E-state index is 14.6. The predicted molar refractivity (Wildman–Crippen MR) is 162 cm³/mol. The number of aliphatic hydroxyl groups is 1. The quantitative estimate of drug-likeness (QED) is 0.277. The van der Waals surface area contributed by atoms with E-state index in [-0.39, 0.29) is 41.2 Å². The van der Waals surface area contributed by atoms with Crippen molar-refractivity contribution in [2.45, 2.75) is 95.9 Å². The highest BCUT2D eigenvalue weighted by Gasteiger charge is 2.46. The van der Waals surface area contributed by atoms with E-state index < -0.39 is 12.1 Å². The number of nitrogens with one attached hydrogen (secondary N) is 2. The van der Waals surface area contributed by atoms with Crippen LogP contribution >= 0.6 is 11.3 Å². The summed E-state index contributed by atoms with van der Waals surface area (Å²) in [5.41, 5.74) is 3.52. The Morgan fingerprint density at radius 1 is 1.19 bits per heavy atom. The summed E-state index contributed by atoms with van der Waals surface area (Å²) >= 11 is 1.45. The van der Waals surface area contributed by atoms with Crippen molar-refractivity contribution in [3.8, 4) is 16.5 Å². The predicted octanol–water partition coefficient (Wildman–Crippen LogP) is 5.77. The van der Waals surface area contributed by atoms with Gasteiger partial charge in [0.1, 0.15) is 16.4 Å². The topological polar surface area (TPSA) is 96.4 Å². The monoisotopic (exact) mass is 592 g/mol. The van der Waals surface area contributed by atoms with Crippen molar-refractivity contribution in [2.75, 3.05) is 6.54 Å². The van der Waals surface area contributed by atoms with Gasteiger partial charge in [0.2, 0.25) is 11.8 Å². The summed E-state index contributed by atoms with van der Waals surface area (Å²) in [6.45, 7) is 6.92. The molecule has 2 aliphatic carbocycles. The molecule has 3 heterocycles. The molecule has 1 aromatic carbocycles. The Morgan fingerprint density at radius 3 is 2.67 bits per heavy atom. The van der Waals surface area contributed by atoms with E-state index in [9.17, 15) is 14.3 Å². The van der Waals surface area contributed by atoms with E-state index in [1.807, 2.05) is 17.6 Å². The molecule has 2 saturated carbocycles. The van der Waals surface area contributed by atoms with E-state index in [0.29, 0.717) is 23.4 Å². The number of amides is 1. The van der Waals surface area contributed by atoms with Gasteiger partial charge in [0.05, 0.1) is 12.1 Å². The SMILES string of the molecule is CC(C)(C)Cc1cnc2c(c1)[C@@H](NC[C@H](O)[C@H](Cc1cc(F)cc(-c3nccs3)c1)NC(=O)C1CC1)CC1(CCC1)O2. The molecule has 42 heavy (non-hydrogen) atoms. The lowest BCUT2D eigenvalue weighted by molar-refractivity contribution is -0.123. The molecule has 3 aromatic rings. The second kappa shape index (κ2) is 11.7. The fraction of sp³-hybridized carbons (Fsp3) is 0.545. The van der Waals surface area contributed by atoms with Crippen LogP contribution in [0.25, 0.3) is 10.6 Å². The number of aliphatic hydroxyl groups excluding tert-OH is 1. The second-order valence-electron chi connectivity index (χ2n) is 13.6. The van der Waals surface area contributed by atoms with Crippen LogP contribution in [0, 0.1) is 17.2 Å². The van der Waals surface area contributed by atoms with Crippen molar-refractivity contribution in [1.82, 2.24) is 20.6 Å². The number of nitrogens with zero attached hydrogens (tertiary/aromatic N) is 2. The Bertz CT molecular complexity index is 1420. The number of hydrogen-bond acceptors (Lipinski definition) is 7. The normalized spacial score (nSPS) is 20.7. The maximum absolute atomic E-state index is 14.6. The Morgan fingerprint density at radius 2 is 2.00 bits per heavy atom. The number of rotatable bonds is 10. The first-order chi connectivity index (χ1) is 20.1. The van der Waals surface area contributed by atoms with Crippen molar-refractivity contribution in [3.63, 3.8) is 0 Å². The van der Waals surface area contributed by atoms with Crippen molar-refractivity contribution in [1.29, 1.82) is 0 Å². The summed E-state index contributed by atoms with van der Waals surface area (Å²) in [4.78, 5) is 21.9. The standard InChI is InChI=1S/C33H41FN4O3S/c1-32(2,3)16-21-13-25-27(17-33(7-4-8-33)41-30(25)37-18-21)36-19-28(39)26(38-29(40)22-5-6-22)14-20-11-23(15-24(34)12-20)31-35-9-10-42-31/h9-13,15,18,22,26-28,36,39H,4-8,14,16-17,19H2,1-3H3,(H,38,40)/t26-,27-,28-/m0/s1. The second-order valence-corrected chi connectivity index (χ2v) is 14.5. The molecule has 2 fully saturated rings. The summed E-state index contributed by atoms with van der Waals surface area (Å²) in [7, 11) is 0. The van der Waals surface area contributed by atoms with Gasteiger partial charge in [0.25, 0.3) is 0 Å². The molecule has 0 saturated heterocycles. The molecule has 6 rings (SSSR count). The first-order valence-electron chi connectivity index (χ1n) is 15.1. The molecule has 224 valence electrons. The molecule has 3 atom stereocenters. The van der Waals surface area contributed by atoms with Gasteiger partial charge >= 0.3 is 0 Å². The zero-order valence-electron chi connectivity index (χ0n) is 24.7. The summed E-state index contributed by atoms with van der Waals surface area (Å²) in [6, 6.07) is 6.45. The Balaban J connectivity index is 1.21. The van der Waals surface area contributed by atoms with Crippen molar-refractivity contribution < 1.29 is 19.0 Å². The van der Waals surface area contributed by atoms with Gasteiger partial charge in [-0.1, -0.05) is 20.8 Å². The molecular weight excluding hydrogens is 551 g/mol. The molecule has 1 amide bonds. The van der Waals surface area contributed by atoms with Gasteiger partial charge in [0.15, 0.2) is 0 Å². The Hall–Kier alpha value is -2.88. The minimum atomic E-state index is -0.881. The number of aromatic nitrogens is 2. The van der Waals surface area contributed by atoms with Crippen molar-refractivity contribution >= 4 is 17.2 Å². The van der Waals surface area contributed by atoms with Crippen LogP contribution in [0.15, 0.2) is 42.0 Å². The average molecular weight is 593 g/mol. The summed E-state index contributed by atoms with van der Waals surface area (Å²) in [5.74, 6) is 0.273. The third-order valence-corrected chi connectivity index (χ3v) is 9.43. The lowest BCUT2D eigenvalue weighted by atomic mass is 9.73. The zero-order chi connectivity index (χ0) is 29.5. The number of carbonyl (C=O) groups is 1. The number of carbonyl (C=O) groups excluding carboxylic acids is 1. The smallest absolute Gasteiger partial charge is 0.223 e. The Kier molecular flexibility index (Phi) is 8.11. The van der Waals surface area contributed by atoms with Gasteiger partial charge < -0.3 is 20.5 Å². The van der Waals surface area contributed by atoms with E-state index in [0.717, 1.165) is 55.5 Å². The van der Waals surface area contributed by atoms with Crippen LogP contribution in [-0.4, -0.2) is 45.3 Å². The number of hydrogen-bond donors (Lipinski definition) is 3. The van der Waals surface area contributed by atoms with Gasteiger partial charge in [-0.25, -0.2) is 14.4 Å². The largest absolute Gasteiger partial charge is 0.471 e. The Labute approximate surface area is 251 Å². The van der Waals surface area contributed by atoms with E-state index in [1.165, 1.54) is 29.0 Å². The van der Waals surface area contributed by atoms with Crippen LogP contribution in [0.3, 0.4) is 0 Å². The third-order valence-electron chi connectivity index (χ3n) is 8.61. The minimum absolute atomic E-state index is 0.000736. The molecule has 9 heteroatoms. The molecule has 7 nitrogen and oxygen atoms in total. The van der Waals surface area contributed by atoms with Crippen LogP contribution < -0.4 is 15.4 Å². The molecule has 2 aromatic heterocycles. The fourth-order valence-electron chi connectivity index (χ4n) is 6.19. The van der Waals surface area contributed by atoms with E-state index in [4.69, 9.17) is 9.72 Å². The molecule has 0 unspecified atom stereocenters. The number of benzene rings is 1. The minimum Gasteiger partial charge on any atom is -0.471 e.